The molecule has 22 heavy (non-hydrogen) atoms. The molecule has 0 radical (unpaired) electrons. The Morgan fingerprint density at radius 3 is 2.55 bits per heavy atom. The fraction of sp³-hybridized carbons (Fsp3) is 0.176. The summed E-state index contributed by atoms with van der Waals surface area (Å²) in [7, 11) is 0. The van der Waals surface area contributed by atoms with E-state index in [1.165, 1.54) is 0 Å². The van der Waals surface area contributed by atoms with Gasteiger partial charge in [-0.05, 0) is 36.8 Å². The summed E-state index contributed by atoms with van der Waals surface area (Å²) in [5.41, 5.74) is 2.95. The van der Waals surface area contributed by atoms with E-state index in [2.05, 4.69) is 10.1 Å². The SMILES string of the molecule is Cc1cc(CON(Cc2ccncc2)c2ccccc2)on1. The van der Waals surface area contributed by atoms with Gasteiger partial charge in [0.15, 0.2) is 5.76 Å². The summed E-state index contributed by atoms with van der Waals surface area (Å²) in [5.74, 6) is 0.702. The van der Waals surface area contributed by atoms with Gasteiger partial charge in [-0.15, -0.1) is 0 Å². The first-order valence-electron chi connectivity index (χ1n) is 7.08. The highest BCUT2D eigenvalue weighted by Gasteiger charge is 2.10. The van der Waals surface area contributed by atoms with Gasteiger partial charge < -0.3 is 4.52 Å². The normalized spacial score (nSPS) is 10.6. The van der Waals surface area contributed by atoms with E-state index >= 15 is 0 Å². The average Bonchev–Trinajstić information content (AvgIpc) is 2.99. The molecule has 0 aliphatic rings. The zero-order valence-electron chi connectivity index (χ0n) is 12.3. The molecule has 112 valence electrons. The molecule has 5 heteroatoms. The first-order valence-corrected chi connectivity index (χ1v) is 7.08. The van der Waals surface area contributed by atoms with E-state index in [1.807, 2.05) is 60.5 Å². The van der Waals surface area contributed by atoms with Crippen molar-refractivity contribution < 1.29 is 9.36 Å². The Morgan fingerprint density at radius 2 is 1.86 bits per heavy atom. The lowest BCUT2D eigenvalue weighted by atomic mass is 10.2. The average molecular weight is 295 g/mol. The standard InChI is InChI=1S/C17H17N3O2/c1-14-11-17(22-19-14)13-21-20(16-5-3-2-4-6-16)12-15-7-9-18-10-8-15/h2-11H,12-13H2,1H3. The molecule has 3 rings (SSSR count). The van der Waals surface area contributed by atoms with Crippen molar-refractivity contribution >= 4 is 5.69 Å². The third kappa shape index (κ3) is 3.71. The second-order valence-electron chi connectivity index (χ2n) is 4.94. The Balaban J connectivity index is 1.74. The van der Waals surface area contributed by atoms with Gasteiger partial charge in [0, 0.05) is 18.5 Å². The summed E-state index contributed by atoms with van der Waals surface area (Å²) in [6.45, 7) is 2.85. The van der Waals surface area contributed by atoms with Crippen molar-refractivity contribution in [3.8, 4) is 0 Å². The summed E-state index contributed by atoms with van der Waals surface area (Å²) in [4.78, 5) is 9.95. The number of benzene rings is 1. The van der Waals surface area contributed by atoms with Crippen LogP contribution in [0.15, 0.2) is 65.4 Å². The van der Waals surface area contributed by atoms with Crippen molar-refractivity contribution in [3.05, 3.63) is 77.9 Å². The van der Waals surface area contributed by atoms with Crippen LogP contribution in [0.1, 0.15) is 17.0 Å². The van der Waals surface area contributed by atoms with Gasteiger partial charge in [0.2, 0.25) is 0 Å². The number of hydrogen-bond acceptors (Lipinski definition) is 5. The van der Waals surface area contributed by atoms with Gasteiger partial charge in [0.25, 0.3) is 0 Å². The second-order valence-corrected chi connectivity index (χ2v) is 4.94. The number of anilines is 1. The fourth-order valence-electron chi connectivity index (χ4n) is 2.09. The maximum atomic E-state index is 5.91. The number of aryl methyl sites for hydroxylation is 1. The highest BCUT2D eigenvalue weighted by atomic mass is 16.7. The number of para-hydroxylation sites is 1. The molecule has 2 heterocycles. The predicted molar refractivity (Wildman–Crippen MR) is 82.9 cm³/mol. The molecule has 3 aromatic rings. The Kier molecular flexibility index (Phi) is 4.46. The highest BCUT2D eigenvalue weighted by molar-refractivity contribution is 5.44. The first-order chi connectivity index (χ1) is 10.8. The Bertz CT molecular complexity index is 698. The number of pyridine rings is 1. The molecule has 0 saturated carbocycles. The topological polar surface area (TPSA) is 51.4 Å². The van der Waals surface area contributed by atoms with E-state index in [-0.39, 0.29) is 0 Å². The molecule has 0 N–H and O–H groups in total. The molecular weight excluding hydrogens is 278 g/mol. The summed E-state index contributed by atoms with van der Waals surface area (Å²) < 4.78 is 5.19. The molecule has 0 unspecified atom stereocenters. The van der Waals surface area contributed by atoms with Crippen LogP contribution < -0.4 is 5.06 Å². The van der Waals surface area contributed by atoms with Crippen LogP contribution in [0.4, 0.5) is 5.69 Å². The Morgan fingerprint density at radius 1 is 1.09 bits per heavy atom. The van der Waals surface area contributed by atoms with Crippen LogP contribution in [-0.2, 0) is 18.0 Å². The minimum absolute atomic E-state index is 0.334. The maximum Gasteiger partial charge on any atom is 0.165 e. The van der Waals surface area contributed by atoms with Gasteiger partial charge in [-0.3, -0.25) is 9.82 Å². The van der Waals surface area contributed by atoms with Crippen molar-refractivity contribution in [1.29, 1.82) is 0 Å². The summed E-state index contributed by atoms with van der Waals surface area (Å²) >= 11 is 0. The molecule has 0 atom stereocenters. The van der Waals surface area contributed by atoms with Crippen LogP contribution in [0.25, 0.3) is 0 Å². The van der Waals surface area contributed by atoms with Gasteiger partial charge >= 0.3 is 0 Å². The van der Waals surface area contributed by atoms with Crippen molar-refractivity contribution in [2.75, 3.05) is 5.06 Å². The zero-order valence-corrected chi connectivity index (χ0v) is 12.3. The monoisotopic (exact) mass is 295 g/mol. The largest absolute Gasteiger partial charge is 0.359 e. The van der Waals surface area contributed by atoms with Gasteiger partial charge in [-0.2, -0.15) is 0 Å². The van der Waals surface area contributed by atoms with Gasteiger partial charge in [0.1, 0.15) is 6.61 Å². The smallest absolute Gasteiger partial charge is 0.165 e. The summed E-state index contributed by atoms with van der Waals surface area (Å²) in [6, 6.07) is 15.8. The van der Waals surface area contributed by atoms with E-state index in [0.29, 0.717) is 18.9 Å². The van der Waals surface area contributed by atoms with Crippen LogP contribution >= 0.6 is 0 Å². The van der Waals surface area contributed by atoms with Gasteiger partial charge in [0.05, 0.1) is 17.9 Å². The molecule has 5 nitrogen and oxygen atoms in total. The number of hydrogen-bond donors (Lipinski definition) is 0. The molecular formula is C17H17N3O2. The molecule has 0 amide bonds. The van der Waals surface area contributed by atoms with Crippen LogP contribution in [0.5, 0.6) is 0 Å². The van der Waals surface area contributed by atoms with Crippen LogP contribution in [0, 0.1) is 6.92 Å². The lowest BCUT2D eigenvalue weighted by Crippen LogP contribution is -2.22. The maximum absolute atomic E-state index is 5.91. The summed E-state index contributed by atoms with van der Waals surface area (Å²) in [6.07, 6.45) is 3.55. The van der Waals surface area contributed by atoms with E-state index in [4.69, 9.17) is 9.36 Å². The number of nitrogens with zero attached hydrogens (tertiary/aromatic N) is 3. The second kappa shape index (κ2) is 6.87. The number of rotatable bonds is 6. The Hall–Kier alpha value is -2.66. The van der Waals surface area contributed by atoms with Crippen molar-refractivity contribution in [1.82, 2.24) is 10.1 Å². The van der Waals surface area contributed by atoms with Crippen LogP contribution in [-0.4, -0.2) is 10.1 Å². The molecule has 0 bridgehead atoms. The highest BCUT2D eigenvalue weighted by Crippen LogP contribution is 2.18. The van der Waals surface area contributed by atoms with Crippen LogP contribution in [0.3, 0.4) is 0 Å². The van der Waals surface area contributed by atoms with E-state index in [9.17, 15) is 0 Å². The molecule has 2 aromatic heterocycles. The molecule has 0 aliphatic carbocycles. The molecule has 0 spiro atoms. The van der Waals surface area contributed by atoms with Gasteiger partial charge in [-0.1, -0.05) is 23.4 Å². The minimum atomic E-state index is 0.334. The van der Waals surface area contributed by atoms with Crippen molar-refractivity contribution in [3.63, 3.8) is 0 Å². The quantitative estimate of drug-likeness (QED) is 0.651. The summed E-state index contributed by atoms with van der Waals surface area (Å²) in [5, 5.41) is 5.71. The lowest BCUT2D eigenvalue weighted by Gasteiger charge is -2.23. The molecule has 1 aromatic carbocycles. The molecule has 0 fully saturated rings. The predicted octanol–water partition coefficient (Wildman–Crippen LogP) is 3.52. The van der Waals surface area contributed by atoms with E-state index in [1.54, 1.807) is 12.4 Å². The van der Waals surface area contributed by atoms with Crippen LogP contribution in [0.2, 0.25) is 0 Å². The van der Waals surface area contributed by atoms with E-state index in [0.717, 1.165) is 16.9 Å². The fourth-order valence-corrected chi connectivity index (χ4v) is 2.09. The molecule has 0 saturated heterocycles. The first kappa shape index (κ1) is 14.3. The van der Waals surface area contributed by atoms with E-state index < -0.39 is 0 Å². The number of aromatic nitrogens is 2. The molecule has 0 aliphatic heterocycles. The number of hydroxylamine groups is 1. The lowest BCUT2D eigenvalue weighted by molar-refractivity contribution is 0.0743. The van der Waals surface area contributed by atoms with Crippen molar-refractivity contribution in [2.45, 2.75) is 20.1 Å². The zero-order chi connectivity index (χ0) is 15.2. The third-order valence-corrected chi connectivity index (χ3v) is 3.16. The van der Waals surface area contributed by atoms with Crippen molar-refractivity contribution in [2.24, 2.45) is 0 Å². The van der Waals surface area contributed by atoms with Gasteiger partial charge in [-0.25, -0.2) is 5.06 Å². The minimum Gasteiger partial charge on any atom is -0.359 e. The third-order valence-electron chi connectivity index (χ3n) is 3.16. The Labute approximate surface area is 129 Å².